The Labute approximate surface area is 127 Å². The predicted octanol–water partition coefficient (Wildman–Crippen LogP) is 6.00. The van der Waals surface area contributed by atoms with Gasteiger partial charge in [-0.3, -0.25) is 0 Å². The molecule has 1 rings (SSSR count). The van der Waals surface area contributed by atoms with E-state index in [2.05, 4.69) is 26.1 Å². The highest BCUT2D eigenvalue weighted by Crippen LogP contribution is 2.26. The fourth-order valence-electron chi connectivity index (χ4n) is 2.32. The second-order valence-corrected chi connectivity index (χ2v) is 6.15. The van der Waals surface area contributed by atoms with E-state index in [0.29, 0.717) is 6.04 Å². The molecule has 0 aromatic heterocycles. The highest BCUT2D eigenvalue weighted by atomic mass is 35.5. The SMILES string of the molecule is CCCCCCC(C)NC(C)c1cc(Cl)ccc1Cl. The van der Waals surface area contributed by atoms with Crippen LogP contribution in [0.25, 0.3) is 0 Å². The van der Waals surface area contributed by atoms with Crippen molar-refractivity contribution in [3.8, 4) is 0 Å². The molecule has 0 saturated heterocycles. The summed E-state index contributed by atoms with van der Waals surface area (Å²) >= 11 is 12.3. The number of rotatable bonds is 8. The highest BCUT2D eigenvalue weighted by molar-refractivity contribution is 6.33. The Bertz CT molecular complexity index is 379. The first-order chi connectivity index (χ1) is 9.04. The predicted molar refractivity (Wildman–Crippen MR) is 86.2 cm³/mol. The molecule has 1 aromatic carbocycles. The lowest BCUT2D eigenvalue weighted by Crippen LogP contribution is -2.29. The van der Waals surface area contributed by atoms with Crippen molar-refractivity contribution in [3.05, 3.63) is 33.8 Å². The van der Waals surface area contributed by atoms with Crippen LogP contribution in [-0.4, -0.2) is 6.04 Å². The van der Waals surface area contributed by atoms with E-state index in [9.17, 15) is 0 Å². The van der Waals surface area contributed by atoms with Crippen LogP contribution in [0.15, 0.2) is 18.2 Å². The van der Waals surface area contributed by atoms with E-state index in [1.807, 2.05) is 18.2 Å². The van der Waals surface area contributed by atoms with Gasteiger partial charge in [0.25, 0.3) is 0 Å². The largest absolute Gasteiger partial charge is 0.308 e. The third kappa shape index (κ3) is 6.16. The van der Waals surface area contributed by atoms with Gasteiger partial charge in [0.05, 0.1) is 0 Å². The van der Waals surface area contributed by atoms with Gasteiger partial charge in [0.2, 0.25) is 0 Å². The molecular formula is C16H25Cl2N. The Morgan fingerprint density at radius 2 is 1.84 bits per heavy atom. The zero-order chi connectivity index (χ0) is 14.3. The molecule has 0 radical (unpaired) electrons. The van der Waals surface area contributed by atoms with Crippen molar-refractivity contribution in [1.82, 2.24) is 5.32 Å². The number of hydrogen-bond donors (Lipinski definition) is 1. The smallest absolute Gasteiger partial charge is 0.0454 e. The Kier molecular flexibility index (Phi) is 7.82. The summed E-state index contributed by atoms with van der Waals surface area (Å²) in [4.78, 5) is 0. The second kappa shape index (κ2) is 8.84. The maximum absolute atomic E-state index is 6.22. The molecule has 19 heavy (non-hydrogen) atoms. The Morgan fingerprint density at radius 3 is 2.53 bits per heavy atom. The molecule has 0 aliphatic rings. The van der Waals surface area contributed by atoms with Gasteiger partial charge >= 0.3 is 0 Å². The molecular weight excluding hydrogens is 277 g/mol. The van der Waals surface area contributed by atoms with Crippen LogP contribution in [0.5, 0.6) is 0 Å². The minimum atomic E-state index is 0.229. The molecule has 0 bridgehead atoms. The Hall–Kier alpha value is -0.240. The molecule has 1 nitrogen and oxygen atoms in total. The number of halogens is 2. The van der Waals surface area contributed by atoms with E-state index in [0.717, 1.165) is 15.6 Å². The molecule has 2 atom stereocenters. The first kappa shape index (κ1) is 16.8. The first-order valence-electron chi connectivity index (χ1n) is 7.25. The molecule has 0 spiro atoms. The minimum Gasteiger partial charge on any atom is -0.308 e. The second-order valence-electron chi connectivity index (χ2n) is 5.30. The maximum Gasteiger partial charge on any atom is 0.0454 e. The van der Waals surface area contributed by atoms with Crippen LogP contribution in [0.3, 0.4) is 0 Å². The number of hydrogen-bond acceptors (Lipinski definition) is 1. The van der Waals surface area contributed by atoms with Crippen molar-refractivity contribution in [1.29, 1.82) is 0 Å². The van der Waals surface area contributed by atoms with Gasteiger partial charge < -0.3 is 5.32 Å². The molecule has 1 N–H and O–H groups in total. The van der Waals surface area contributed by atoms with Gasteiger partial charge in [-0.15, -0.1) is 0 Å². The Balaban J connectivity index is 2.45. The third-order valence-electron chi connectivity index (χ3n) is 3.45. The Morgan fingerprint density at radius 1 is 1.11 bits per heavy atom. The summed E-state index contributed by atoms with van der Waals surface area (Å²) in [7, 11) is 0. The van der Waals surface area contributed by atoms with Crippen molar-refractivity contribution in [2.24, 2.45) is 0 Å². The van der Waals surface area contributed by atoms with Gasteiger partial charge in [-0.05, 0) is 44.0 Å². The first-order valence-corrected chi connectivity index (χ1v) is 8.01. The topological polar surface area (TPSA) is 12.0 Å². The third-order valence-corrected chi connectivity index (χ3v) is 4.03. The molecule has 2 unspecified atom stereocenters. The number of nitrogens with one attached hydrogen (secondary N) is 1. The summed E-state index contributed by atoms with van der Waals surface area (Å²) < 4.78 is 0. The number of benzene rings is 1. The fourth-order valence-corrected chi connectivity index (χ4v) is 2.79. The van der Waals surface area contributed by atoms with E-state index >= 15 is 0 Å². The van der Waals surface area contributed by atoms with Crippen LogP contribution in [0, 0.1) is 0 Å². The molecule has 108 valence electrons. The quantitative estimate of drug-likeness (QED) is 0.580. The molecule has 0 heterocycles. The molecule has 0 saturated carbocycles. The van der Waals surface area contributed by atoms with Gasteiger partial charge in [-0.2, -0.15) is 0 Å². The van der Waals surface area contributed by atoms with Gasteiger partial charge in [0.1, 0.15) is 0 Å². The average molecular weight is 302 g/mol. The van der Waals surface area contributed by atoms with Crippen LogP contribution in [0.4, 0.5) is 0 Å². The van der Waals surface area contributed by atoms with E-state index in [1.165, 1.54) is 32.1 Å². The van der Waals surface area contributed by atoms with E-state index in [4.69, 9.17) is 23.2 Å². The van der Waals surface area contributed by atoms with Crippen LogP contribution in [-0.2, 0) is 0 Å². The highest BCUT2D eigenvalue weighted by Gasteiger charge is 2.12. The van der Waals surface area contributed by atoms with Crippen molar-refractivity contribution in [2.45, 2.75) is 65.0 Å². The molecule has 0 aliphatic carbocycles. The van der Waals surface area contributed by atoms with E-state index in [-0.39, 0.29) is 6.04 Å². The lowest BCUT2D eigenvalue weighted by molar-refractivity contribution is 0.438. The van der Waals surface area contributed by atoms with Crippen LogP contribution < -0.4 is 5.32 Å². The lowest BCUT2D eigenvalue weighted by atomic mass is 10.0. The van der Waals surface area contributed by atoms with E-state index in [1.54, 1.807) is 0 Å². The standard InChI is InChI=1S/C16H25Cl2N/c1-4-5-6-7-8-12(2)19-13(3)15-11-14(17)9-10-16(15)18/h9-13,19H,4-8H2,1-3H3. The molecule has 0 amide bonds. The molecule has 0 fully saturated rings. The van der Waals surface area contributed by atoms with Gasteiger partial charge in [0.15, 0.2) is 0 Å². The zero-order valence-corrected chi connectivity index (χ0v) is 13.7. The minimum absolute atomic E-state index is 0.229. The average Bonchev–Trinajstić information content (AvgIpc) is 2.37. The zero-order valence-electron chi connectivity index (χ0n) is 12.2. The van der Waals surface area contributed by atoms with Gasteiger partial charge in [-0.1, -0.05) is 55.8 Å². The van der Waals surface area contributed by atoms with Gasteiger partial charge in [0, 0.05) is 22.1 Å². The van der Waals surface area contributed by atoms with Crippen molar-refractivity contribution in [2.75, 3.05) is 0 Å². The summed E-state index contributed by atoms with van der Waals surface area (Å²) in [6.45, 7) is 6.62. The van der Waals surface area contributed by atoms with E-state index < -0.39 is 0 Å². The summed E-state index contributed by atoms with van der Waals surface area (Å²) in [5, 5.41) is 5.12. The molecule has 0 aliphatic heterocycles. The van der Waals surface area contributed by atoms with Crippen LogP contribution in [0.1, 0.15) is 64.5 Å². The summed E-state index contributed by atoms with van der Waals surface area (Å²) in [6.07, 6.45) is 6.45. The molecule has 3 heteroatoms. The maximum atomic E-state index is 6.22. The van der Waals surface area contributed by atoms with Crippen LogP contribution in [0.2, 0.25) is 10.0 Å². The molecule has 1 aromatic rings. The summed E-state index contributed by atoms with van der Waals surface area (Å²) in [6, 6.07) is 6.37. The van der Waals surface area contributed by atoms with Crippen molar-refractivity contribution < 1.29 is 0 Å². The lowest BCUT2D eigenvalue weighted by Gasteiger charge is -2.21. The van der Waals surface area contributed by atoms with Crippen molar-refractivity contribution in [3.63, 3.8) is 0 Å². The normalized spacial score (nSPS) is 14.4. The van der Waals surface area contributed by atoms with Crippen molar-refractivity contribution >= 4 is 23.2 Å². The van der Waals surface area contributed by atoms with Crippen LogP contribution >= 0.6 is 23.2 Å². The number of unbranched alkanes of at least 4 members (excludes halogenated alkanes) is 3. The monoisotopic (exact) mass is 301 g/mol. The summed E-state index contributed by atoms with van der Waals surface area (Å²) in [5.74, 6) is 0. The fraction of sp³-hybridized carbons (Fsp3) is 0.625. The van der Waals surface area contributed by atoms with Gasteiger partial charge in [-0.25, -0.2) is 0 Å². The summed E-state index contributed by atoms with van der Waals surface area (Å²) in [5.41, 5.74) is 1.08.